The van der Waals surface area contributed by atoms with Crippen molar-refractivity contribution in [2.75, 3.05) is 13.2 Å². The second-order valence-corrected chi connectivity index (χ2v) is 5.85. The normalized spacial score (nSPS) is 27.7. The molecule has 0 aliphatic carbocycles. The van der Waals surface area contributed by atoms with Gasteiger partial charge in [-0.2, -0.15) is 0 Å². The predicted octanol–water partition coefficient (Wildman–Crippen LogP) is 1.23. The fourth-order valence-corrected chi connectivity index (χ4v) is 3.38. The number of ether oxygens (including phenoxy) is 1. The lowest BCUT2D eigenvalue weighted by Crippen LogP contribution is -2.49. The smallest absolute Gasteiger partial charge is 0.241 e. The van der Waals surface area contributed by atoms with Crippen molar-refractivity contribution in [1.29, 1.82) is 0 Å². The number of carbonyl (C=O) groups excluding carboxylic acids is 1. The molecule has 7 heteroatoms. The first-order valence-electron chi connectivity index (χ1n) is 7.60. The summed E-state index contributed by atoms with van der Waals surface area (Å²) in [4.78, 5) is 18.2. The molecule has 120 valence electrons. The minimum Gasteiger partial charge on any atom is -0.375 e. The Morgan fingerprint density at radius 2 is 2.30 bits per heavy atom. The Hall–Kier alpha value is -2.25. The lowest BCUT2D eigenvalue weighted by Gasteiger charge is -2.35. The standard InChI is InChI=1S/C16H17FN4O2/c1-10-14-16(22)19-15(21(14)6-7-23-10)11-2-3-13(12(17)8-11)20-5-4-18-9-20/h2-5,8-10,14-15H,6-7H2,1H3,(H,19,22)/t10-,14+,15?/m1/s1. The van der Waals surface area contributed by atoms with Gasteiger partial charge >= 0.3 is 0 Å². The lowest BCUT2D eigenvalue weighted by atomic mass is 10.1. The molecule has 4 rings (SSSR count). The number of nitrogens with one attached hydrogen (secondary N) is 1. The summed E-state index contributed by atoms with van der Waals surface area (Å²) in [5.41, 5.74) is 1.17. The van der Waals surface area contributed by atoms with E-state index >= 15 is 0 Å². The average Bonchev–Trinajstić information content (AvgIpc) is 3.16. The van der Waals surface area contributed by atoms with Gasteiger partial charge in [0.05, 0.1) is 24.7 Å². The highest BCUT2D eigenvalue weighted by Gasteiger charge is 2.45. The molecule has 1 N–H and O–H groups in total. The van der Waals surface area contributed by atoms with E-state index in [0.717, 1.165) is 5.56 Å². The van der Waals surface area contributed by atoms with E-state index in [-0.39, 0.29) is 30.0 Å². The molecule has 1 amide bonds. The molecule has 0 bridgehead atoms. The van der Waals surface area contributed by atoms with E-state index in [1.807, 2.05) is 17.9 Å². The van der Waals surface area contributed by atoms with Crippen LogP contribution < -0.4 is 5.32 Å². The topological polar surface area (TPSA) is 59.4 Å². The van der Waals surface area contributed by atoms with Crippen LogP contribution in [0, 0.1) is 5.82 Å². The molecule has 0 radical (unpaired) electrons. The largest absolute Gasteiger partial charge is 0.375 e. The summed E-state index contributed by atoms with van der Waals surface area (Å²) in [5, 5.41) is 2.95. The highest BCUT2D eigenvalue weighted by molar-refractivity contribution is 5.85. The number of imidazole rings is 1. The highest BCUT2D eigenvalue weighted by atomic mass is 19.1. The average molecular weight is 316 g/mol. The number of benzene rings is 1. The summed E-state index contributed by atoms with van der Waals surface area (Å²) in [6.45, 7) is 3.10. The molecule has 2 aliphatic heterocycles. The van der Waals surface area contributed by atoms with E-state index < -0.39 is 0 Å². The number of amides is 1. The second-order valence-electron chi connectivity index (χ2n) is 5.85. The zero-order valence-electron chi connectivity index (χ0n) is 12.6. The Morgan fingerprint density at radius 3 is 3.04 bits per heavy atom. The van der Waals surface area contributed by atoms with Gasteiger partial charge in [-0.1, -0.05) is 6.07 Å². The third-order valence-electron chi connectivity index (χ3n) is 4.48. The molecule has 2 saturated heterocycles. The first kappa shape index (κ1) is 14.3. The van der Waals surface area contributed by atoms with Gasteiger partial charge in [0.1, 0.15) is 18.0 Å². The highest BCUT2D eigenvalue weighted by Crippen LogP contribution is 2.31. The van der Waals surface area contributed by atoms with Gasteiger partial charge in [-0.3, -0.25) is 9.69 Å². The van der Waals surface area contributed by atoms with Gasteiger partial charge in [0.25, 0.3) is 0 Å². The van der Waals surface area contributed by atoms with Crippen LogP contribution >= 0.6 is 0 Å². The first-order chi connectivity index (χ1) is 11.1. The van der Waals surface area contributed by atoms with Crippen LogP contribution in [0.4, 0.5) is 4.39 Å². The van der Waals surface area contributed by atoms with Crippen molar-refractivity contribution >= 4 is 5.91 Å². The zero-order valence-corrected chi connectivity index (χ0v) is 12.6. The predicted molar refractivity (Wildman–Crippen MR) is 80.3 cm³/mol. The van der Waals surface area contributed by atoms with Crippen molar-refractivity contribution in [2.45, 2.75) is 25.2 Å². The van der Waals surface area contributed by atoms with Gasteiger partial charge in [-0.05, 0) is 24.6 Å². The Bertz CT molecular complexity index is 734. The van der Waals surface area contributed by atoms with Crippen LogP contribution in [-0.4, -0.2) is 45.7 Å². The van der Waals surface area contributed by atoms with Crippen molar-refractivity contribution in [3.8, 4) is 5.69 Å². The van der Waals surface area contributed by atoms with Crippen LogP contribution in [0.15, 0.2) is 36.9 Å². The van der Waals surface area contributed by atoms with Crippen LogP contribution in [-0.2, 0) is 9.53 Å². The van der Waals surface area contributed by atoms with Crippen LogP contribution in [0.25, 0.3) is 5.69 Å². The number of nitrogens with zero attached hydrogens (tertiary/aromatic N) is 3. The molecule has 3 heterocycles. The molecule has 1 unspecified atom stereocenters. The molecule has 2 aromatic rings. The van der Waals surface area contributed by atoms with E-state index in [0.29, 0.717) is 18.8 Å². The zero-order chi connectivity index (χ0) is 16.0. The molecule has 6 nitrogen and oxygen atoms in total. The van der Waals surface area contributed by atoms with Gasteiger partial charge in [-0.15, -0.1) is 0 Å². The molecule has 0 spiro atoms. The van der Waals surface area contributed by atoms with Crippen molar-refractivity contribution < 1.29 is 13.9 Å². The SMILES string of the molecule is C[C@H]1OCCN2C(c3ccc(-n4ccnc4)c(F)c3)NC(=O)[C@H]12. The van der Waals surface area contributed by atoms with Gasteiger partial charge in [0, 0.05) is 18.9 Å². The number of rotatable bonds is 2. The molecule has 2 aliphatic rings. The molecule has 1 aromatic heterocycles. The Morgan fingerprint density at radius 1 is 1.43 bits per heavy atom. The number of fused-ring (bicyclic) bond motifs is 1. The van der Waals surface area contributed by atoms with Crippen molar-refractivity contribution in [1.82, 2.24) is 19.8 Å². The number of carbonyl (C=O) groups is 1. The Balaban J connectivity index is 1.66. The maximum atomic E-state index is 14.5. The number of hydrogen-bond donors (Lipinski definition) is 1. The summed E-state index contributed by atoms with van der Waals surface area (Å²) in [5.74, 6) is -0.416. The fourth-order valence-electron chi connectivity index (χ4n) is 3.38. The quantitative estimate of drug-likeness (QED) is 0.905. The second kappa shape index (κ2) is 5.43. The van der Waals surface area contributed by atoms with Gasteiger partial charge in [-0.25, -0.2) is 9.37 Å². The molecule has 23 heavy (non-hydrogen) atoms. The van der Waals surface area contributed by atoms with Crippen molar-refractivity contribution in [2.24, 2.45) is 0 Å². The minimum atomic E-state index is -0.348. The van der Waals surface area contributed by atoms with Crippen LogP contribution in [0.5, 0.6) is 0 Å². The van der Waals surface area contributed by atoms with Crippen LogP contribution in [0.2, 0.25) is 0 Å². The van der Waals surface area contributed by atoms with Crippen LogP contribution in [0.1, 0.15) is 18.7 Å². The molecule has 1 aromatic carbocycles. The fraction of sp³-hybridized carbons (Fsp3) is 0.375. The lowest BCUT2D eigenvalue weighted by molar-refractivity contribution is -0.129. The molecule has 2 fully saturated rings. The minimum absolute atomic E-state index is 0.0682. The summed E-state index contributed by atoms with van der Waals surface area (Å²) < 4.78 is 21.6. The van der Waals surface area contributed by atoms with E-state index in [1.165, 1.54) is 6.07 Å². The van der Waals surface area contributed by atoms with E-state index in [2.05, 4.69) is 10.3 Å². The number of aromatic nitrogens is 2. The van der Waals surface area contributed by atoms with E-state index in [1.54, 1.807) is 29.4 Å². The van der Waals surface area contributed by atoms with Crippen molar-refractivity contribution in [3.05, 3.63) is 48.3 Å². The molecular formula is C16H17FN4O2. The summed E-state index contributed by atoms with van der Waals surface area (Å²) in [6.07, 6.45) is 4.36. The van der Waals surface area contributed by atoms with Gasteiger partial charge in [0.2, 0.25) is 5.91 Å². The third kappa shape index (κ3) is 2.32. The summed E-state index contributed by atoms with van der Waals surface area (Å²) in [6, 6.07) is 4.70. The number of halogens is 1. The summed E-state index contributed by atoms with van der Waals surface area (Å²) in [7, 11) is 0. The van der Waals surface area contributed by atoms with E-state index in [9.17, 15) is 9.18 Å². The summed E-state index contributed by atoms with van der Waals surface area (Å²) >= 11 is 0. The maximum absolute atomic E-state index is 14.5. The molecule has 3 atom stereocenters. The number of morpholine rings is 1. The van der Waals surface area contributed by atoms with Gasteiger partial charge in [0.15, 0.2) is 0 Å². The number of hydrogen-bond acceptors (Lipinski definition) is 4. The molecular weight excluding hydrogens is 299 g/mol. The Labute approximate surface area is 132 Å². The Kier molecular flexibility index (Phi) is 3.39. The molecule has 0 saturated carbocycles. The maximum Gasteiger partial charge on any atom is 0.241 e. The third-order valence-corrected chi connectivity index (χ3v) is 4.48. The van der Waals surface area contributed by atoms with Crippen molar-refractivity contribution in [3.63, 3.8) is 0 Å². The monoisotopic (exact) mass is 316 g/mol. The van der Waals surface area contributed by atoms with Gasteiger partial charge < -0.3 is 14.6 Å². The van der Waals surface area contributed by atoms with E-state index in [4.69, 9.17) is 4.74 Å². The first-order valence-corrected chi connectivity index (χ1v) is 7.60. The van der Waals surface area contributed by atoms with Crippen LogP contribution in [0.3, 0.4) is 0 Å².